The van der Waals surface area contributed by atoms with Gasteiger partial charge in [0, 0.05) is 12.1 Å². The van der Waals surface area contributed by atoms with E-state index in [9.17, 15) is 0 Å². The van der Waals surface area contributed by atoms with Crippen LogP contribution in [-0.2, 0) is 0 Å². The highest BCUT2D eigenvalue weighted by Crippen LogP contribution is 2.33. The predicted octanol–water partition coefficient (Wildman–Crippen LogP) is 4.27. The predicted molar refractivity (Wildman–Crippen MR) is 101 cm³/mol. The lowest BCUT2D eigenvalue weighted by atomic mass is 10.3. The smallest absolute Gasteiger partial charge is 0.228 e. The molecule has 126 valence electrons. The van der Waals surface area contributed by atoms with E-state index in [2.05, 4.69) is 64.3 Å². The Hall–Kier alpha value is -1.93. The molecule has 3 aromatic rings. The Bertz CT molecular complexity index is 769. The van der Waals surface area contributed by atoms with Gasteiger partial charge >= 0.3 is 0 Å². The molecule has 0 saturated heterocycles. The van der Waals surface area contributed by atoms with Gasteiger partial charge < -0.3 is 10.6 Å². The van der Waals surface area contributed by atoms with Crippen molar-refractivity contribution in [1.29, 1.82) is 0 Å². The van der Waals surface area contributed by atoms with Crippen LogP contribution in [0.25, 0.3) is 10.2 Å². The number of aromatic nitrogens is 4. The Labute approximate surface area is 149 Å². The van der Waals surface area contributed by atoms with Crippen molar-refractivity contribution in [2.24, 2.45) is 0 Å². The van der Waals surface area contributed by atoms with Crippen molar-refractivity contribution in [3.8, 4) is 0 Å². The molecule has 0 amide bonds. The number of rotatable bonds is 6. The molecule has 0 radical (unpaired) electrons. The quantitative estimate of drug-likeness (QED) is 0.679. The van der Waals surface area contributed by atoms with Crippen molar-refractivity contribution in [2.75, 3.05) is 10.6 Å². The molecule has 0 fully saturated rings. The third-order valence-corrected chi connectivity index (χ3v) is 4.87. The summed E-state index contributed by atoms with van der Waals surface area (Å²) in [5.74, 6) is 1.15. The van der Waals surface area contributed by atoms with E-state index in [-0.39, 0.29) is 12.1 Å². The van der Waals surface area contributed by atoms with Gasteiger partial charge in [-0.1, -0.05) is 12.1 Å². The summed E-state index contributed by atoms with van der Waals surface area (Å²) in [4.78, 5) is 18.1. The van der Waals surface area contributed by atoms with E-state index in [0.717, 1.165) is 14.6 Å². The highest BCUT2D eigenvalue weighted by molar-refractivity contribution is 8.01. The van der Waals surface area contributed by atoms with E-state index < -0.39 is 0 Å². The van der Waals surface area contributed by atoms with Gasteiger partial charge in [0.05, 0.1) is 10.2 Å². The fraction of sp³-hybridized carbons (Fsp3) is 0.375. The van der Waals surface area contributed by atoms with E-state index >= 15 is 0 Å². The minimum absolute atomic E-state index is 0.250. The minimum atomic E-state index is 0.250. The molecule has 0 aliphatic heterocycles. The monoisotopic (exact) mass is 360 g/mol. The second-order valence-corrected chi connectivity index (χ2v) is 8.16. The van der Waals surface area contributed by atoms with Crippen LogP contribution in [-0.4, -0.2) is 32.0 Å². The summed E-state index contributed by atoms with van der Waals surface area (Å²) < 4.78 is 2.09. The number of thiazole rings is 1. The van der Waals surface area contributed by atoms with E-state index in [1.54, 1.807) is 11.3 Å². The van der Waals surface area contributed by atoms with Crippen LogP contribution in [0, 0.1) is 0 Å². The highest BCUT2D eigenvalue weighted by Gasteiger charge is 2.12. The molecule has 24 heavy (non-hydrogen) atoms. The Morgan fingerprint density at radius 3 is 2.08 bits per heavy atom. The Morgan fingerprint density at radius 2 is 1.50 bits per heavy atom. The van der Waals surface area contributed by atoms with Crippen molar-refractivity contribution in [3.05, 3.63) is 24.3 Å². The number of hydrogen-bond donors (Lipinski definition) is 2. The molecular weight excluding hydrogens is 340 g/mol. The lowest BCUT2D eigenvalue weighted by Gasteiger charge is -2.12. The molecule has 2 aromatic heterocycles. The van der Waals surface area contributed by atoms with Crippen LogP contribution >= 0.6 is 23.1 Å². The van der Waals surface area contributed by atoms with E-state index in [1.165, 1.54) is 11.8 Å². The van der Waals surface area contributed by atoms with Gasteiger partial charge in [-0.3, -0.25) is 0 Å². The molecule has 1 aromatic carbocycles. The van der Waals surface area contributed by atoms with Crippen LogP contribution in [0.5, 0.6) is 0 Å². The molecule has 0 aliphatic carbocycles. The van der Waals surface area contributed by atoms with Gasteiger partial charge in [-0.15, -0.1) is 11.3 Å². The maximum Gasteiger partial charge on any atom is 0.228 e. The molecule has 8 heteroatoms. The van der Waals surface area contributed by atoms with Crippen molar-refractivity contribution < 1.29 is 0 Å². The fourth-order valence-corrected chi connectivity index (χ4v) is 3.94. The summed E-state index contributed by atoms with van der Waals surface area (Å²) in [7, 11) is 0. The van der Waals surface area contributed by atoms with Gasteiger partial charge in [-0.25, -0.2) is 4.98 Å². The fourth-order valence-electron chi connectivity index (χ4n) is 2.02. The Balaban J connectivity index is 1.89. The van der Waals surface area contributed by atoms with Gasteiger partial charge in [0.2, 0.25) is 17.1 Å². The van der Waals surface area contributed by atoms with E-state index in [4.69, 9.17) is 0 Å². The largest absolute Gasteiger partial charge is 0.352 e. The summed E-state index contributed by atoms with van der Waals surface area (Å²) in [5, 5.41) is 7.11. The lowest BCUT2D eigenvalue weighted by Crippen LogP contribution is -2.17. The molecule has 6 nitrogen and oxygen atoms in total. The molecular formula is C16H20N6S2. The summed E-state index contributed by atoms with van der Waals surface area (Å²) in [6.07, 6.45) is 0. The van der Waals surface area contributed by atoms with Crippen LogP contribution in [0.15, 0.2) is 33.8 Å². The topological polar surface area (TPSA) is 75.6 Å². The molecule has 0 saturated carbocycles. The zero-order chi connectivity index (χ0) is 17.1. The summed E-state index contributed by atoms with van der Waals surface area (Å²) in [6, 6.07) is 8.60. The third kappa shape index (κ3) is 4.33. The molecule has 0 spiro atoms. The zero-order valence-corrected chi connectivity index (χ0v) is 15.7. The number of hydrogen-bond acceptors (Lipinski definition) is 8. The van der Waals surface area contributed by atoms with Gasteiger partial charge in [0.1, 0.15) is 0 Å². The van der Waals surface area contributed by atoms with E-state index in [1.807, 2.05) is 18.2 Å². The first-order valence-corrected chi connectivity index (χ1v) is 9.45. The second kappa shape index (κ2) is 7.31. The average Bonchev–Trinajstić information content (AvgIpc) is 2.87. The first-order valence-electron chi connectivity index (χ1n) is 7.82. The number of anilines is 2. The van der Waals surface area contributed by atoms with Crippen molar-refractivity contribution >= 4 is 45.2 Å². The van der Waals surface area contributed by atoms with Crippen molar-refractivity contribution in [2.45, 2.75) is 49.3 Å². The molecule has 0 unspecified atom stereocenters. The first kappa shape index (κ1) is 16.9. The molecule has 3 rings (SSSR count). The Kier molecular flexibility index (Phi) is 5.15. The first-order chi connectivity index (χ1) is 11.5. The number of para-hydroxylation sites is 1. The molecule has 0 bridgehead atoms. The van der Waals surface area contributed by atoms with Gasteiger partial charge in [0.25, 0.3) is 0 Å². The van der Waals surface area contributed by atoms with Gasteiger partial charge in [0.15, 0.2) is 4.34 Å². The summed E-state index contributed by atoms with van der Waals surface area (Å²) >= 11 is 3.10. The molecule has 2 heterocycles. The van der Waals surface area contributed by atoms with Crippen LogP contribution in [0.2, 0.25) is 0 Å². The second-order valence-electron chi connectivity index (χ2n) is 5.91. The standard InChI is InChI=1S/C16H20N6S2/c1-9(2)17-13-20-14(18-10(3)4)22-15(21-13)24-16-19-11-7-5-6-8-12(11)23-16/h5-10H,1-4H3,(H2,17,18,20,21,22). The highest BCUT2D eigenvalue weighted by atomic mass is 32.2. The SMILES string of the molecule is CC(C)Nc1nc(NC(C)C)nc(Sc2nc3ccccc3s2)n1. The number of benzene rings is 1. The average molecular weight is 361 g/mol. The molecule has 0 aliphatic rings. The normalized spacial score (nSPS) is 11.4. The number of nitrogens with one attached hydrogen (secondary N) is 2. The van der Waals surface area contributed by atoms with Crippen molar-refractivity contribution in [1.82, 2.24) is 19.9 Å². The maximum absolute atomic E-state index is 4.63. The number of nitrogens with zero attached hydrogens (tertiary/aromatic N) is 4. The minimum Gasteiger partial charge on any atom is -0.352 e. The van der Waals surface area contributed by atoms with Gasteiger partial charge in [-0.2, -0.15) is 15.0 Å². The zero-order valence-electron chi connectivity index (χ0n) is 14.1. The maximum atomic E-state index is 4.63. The van der Waals surface area contributed by atoms with Gasteiger partial charge in [-0.05, 0) is 51.6 Å². The number of fused-ring (bicyclic) bond motifs is 1. The third-order valence-electron chi connectivity index (χ3n) is 2.90. The van der Waals surface area contributed by atoms with E-state index in [0.29, 0.717) is 17.1 Å². The van der Waals surface area contributed by atoms with Crippen molar-refractivity contribution in [3.63, 3.8) is 0 Å². The molecule has 2 N–H and O–H groups in total. The van der Waals surface area contributed by atoms with Crippen LogP contribution in [0.4, 0.5) is 11.9 Å². The lowest BCUT2D eigenvalue weighted by molar-refractivity contribution is 0.812. The van der Waals surface area contributed by atoms with Crippen LogP contribution in [0.1, 0.15) is 27.7 Å². The summed E-state index contributed by atoms with van der Waals surface area (Å²) in [5.41, 5.74) is 1.00. The van der Waals surface area contributed by atoms with Crippen LogP contribution < -0.4 is 10.6 Å². The van der Waals surface area contributed by atoms with Crippen LogP contribution in [0.3, 0.4) is 0 Å². The Morgan fingerprint density at radius 1 is 0.875 bits per heavy atom. The molecule has 0 atom stereocenters. The summed E-state index contributed by atoms with van der Waals surface area (Å²) in [6.45, 7) is 8.22.